The van der Waals surface area contributed by atoms with E-state index in [1.54, 1.807) is 12.1 Å². The molecule has 1 fully saturated rings. The number of hydrogen-bond donors (Lipinski definition) is 0. The molecule has 1 saturated carbocycles. The van der Waals surface area contributed by atoms with E-state index in [4.69, 9.17) is 0 Å². The van der Waals surface area contributed by atoms with Gasteiger partial charge in [0.15, 0.2) is 0 Å². The number of hydrogen-bond acceptors (Lipinski definition) is 1. The molecule has 0 aliphatic heterocycles. The molecule has 1 aliphatic rings. The number of ketones is 1. The van der Waals surface area contributed by atoms with Crippen LogP contribution < -0.4 is 0 Å². The Morgan fingerprint density at radius 2 is 2.05 bits per heavy atom. The van der Waals surface area contributed by atoms with Crippen molar-refractivity contribution in [3.63, 3.8) is 0 Å². The zero-order valence-corrected chi connectivity index (χ0v) is 14.0. The summed E-state index contributed by atoms with van der Waals surface area (Å²) in [6, 6.07) is 4.77. The zero-order valence-electron chi connectivity index (χ0n) is 12.4. The van der Waals surface area contributed by atoms with Crippen molar-refractivity contribution >= 4 is 21.7 Å². The maximum atomic E-state index is 13.4. The monoisotopic (exact) mass is 340 g/mol. The van der Waals surface area contributed by atoms with Gasteiger partial charge in [0.1, 0.15) is 11.6 Å². The number of benzene rings is 1. The molecule has 2 atom stereocenters. The first-order chi connectivity index (χ1) is 9.29. The third-order valence-electron chi connectivity index (χ3n) is 4.48. The van der Waals surface area contributed by atoms with Crippen molar-refractivity contribution in [2.45, 2.75) is 46.5 Å². The second kappa shape index (κ2) is 5.97. The number of halogens is 2. The minimum absolute atomic E-state index is 0.0915. The van der Waals surface area contributed by atoms with Gasteiger partial charge in [0.2, 0.25) is 0 Å². The Balaban J connectivity index is 2.18. The maximum Gasteiger partial charge on any atom is 0.136 e. The normalized spacial score (nSPS) is 23.9. The summed E-state index contributed by atoms with van der Waals surface area (Å²) in [6.45, 7) is 6.40. The predicted octanol–water partition coefficient (Wildman–Crippen LogP) is 5.16. The van der Waals surface area contributed by atoms with Crippen LogP contribution in [-0.2, 0) is 11.2 Å². The fourth-order valence-corrected chi connectivity index (χ4v) is 3.71. The number of rotatable bonds is 3. The fourth-order valence-electron chi connectivity index (χ4n) is 3.32. The Bertz CT molecular complexity index is 510. The fraction of sp³-hybridized carbons (Fsp3) is 0.588. The van der Waals surface area contributed by atoms with Crippen LogP contribution in [-0.4, -0.2) is 5.78 Å². The van der Waals surface area contributed by atoms with Gasteiger partial charge < -0.3 is 0 Å². The van der Waals surface area contributed by atoms with Crippen LogP contribution in [0.15, 0.2) is 22.7 Å². The molecule has 110 valence electrons. The van der Waals surface area contributed by atoms with Gasteiger partial charge in [-0.25, -0.2) is 4.39 Å². The molecule has 2 rings (SSSR count). The van der Waals surface area contributed by atoms with Crippen molar-refractivity contribution in [1.82, 2.24) is 0 Å². The van der Waals surface area contributed by atoms with Gasteiger partial charge in [-0.1, -0.05) is 36.7 Å². The summed E-state index contributed by atoms with van der Waals surface area (Å²) in [4.78, 5) is 12.3. The SMILES string of the molecule is CC1CCC(C(C)(C)Cc2cc(F)ccc2Br)C(=O)C1. The first-order valence-electron chi connectivity index (χ1n) is 7.26. The molecule has 1 nitrogen and oxygen atoms in total. The van der Waals surface area contributed by atoms with Crippen LogP contribution in [0.25, 0.3) is 0 Å². The molecule has 1 aromatic rings. The van der Waals surface area contributed by atoms with Crippen molar-refractivity contribution in [1.29, 1.82) is 0 Å². The molecule has 0 N–H and O–H groups in total. The number of carbonyl (C=O) groups excluding carboxylic acids is 1. The van der Waals surface area contributed by atoms with Gasteiger partial charge in [-0.3, -0.25) is 4.79 Å². The van der Waals surface area contributed by atoms with Gasteiger partial charge in [0.25, 0.3) is 0 Å². The topological polar surface area (TPSA) is 17.1 Å². The Morgan fingerprint density at radius 1 is 1.35 bits per heavy atom. The van der Waals surface area contributed by atoms with E-state index in [0.29, 0.717) is 18.1 Å². The van der Waals surface area contributed by atoms with Gasteiger partial charge in [-0.2, -0.15) is 0 Å². The molecule has 2 unspecified atom stereocenters. The minimum atomic E-state index is -0.220. The summed E-state index contributed by atoms with van der Waals surface area (Å²) >= 11 is 3.48. The van der Waals surface area contributed by atoms with Gasteiger partial charge in [-0.05, 0) is 54.4 Å². The summed E-state index contributed by atoms with van der Waals surface area (Å²) in [5.41, 5.74) is 0.814. The van der Waals surface area contributed by atoms with E-state index in [0.717, 1.165) is 29.3 Å². The average molecular weight is 341 g/mol. The smallest absolute Gasteiger partial charge is 0.136 e. The third-order valence-corrected chi connectivity index (χ3v) is 5.26. The predicted molar refractivity (Wildman–Crippen MR) is 83.1 cm³/mol. The Hall–Kier alpha value is -0.700. The molecule has 0 radical (unpaired) electrons. The lowest BCUT2D eigenvalue weighted by atomic mass is 9.66. The number of Topliss-reactive ketones (excluding diaryl/α,β-unsaturated/α-hetero) is 1. The summed E-state index contributed by atoms with van der Waals surface area (Å²) in [7, 11) is 0. The van der Waals surface area contributed by atoms with Crippen molar-refractivity contribution in [2.75, 3.05) is 0 Å². The van der Waals surface area contributed by atoms with Crippen molar-refractivity contribution in [3.8, 4) is 0 Å². The molecule has 0 saturated heterocycles. The lowest BCUT2D eigenvalue weighted by Gasteiger charge is -2.37. The van der Waals surface area contributed by atoms with Crippen molar-refractivity contribution in [3.05, 3.63) is 34.1 Å². The first-order valence-corrected chi connectivity index (χ1v) is 8.05. The van der Waals surface area contributed by atoms with E-state index in [-0.39, 0.29) is 17.2 Å². The highest BCUT2D eigenvalue weighted by Gasteiger charge is 2.38. The highest BCUT2D eigenvalue weighted by molar-refractivity contribution is 9.10. The van der Waals surface area contributed by atoms with Crippen LogP contribution in [0.1, 0.15) is 45.6 Å². The quantitative estimate of drug-likeness (QED) is 0.742. The summed E-state index contributed by atoms with van der Waals surface area (Å²) < 4.78 is 14.3. The lowest BCUT2D eigenvalue weighted by Crippen LogP contribution is -2.36. The zero-order chi connectivity index (χ0) is 14.9. The van der Waals surface area contributed by atoms with Crippen LogP contribution in [0.4, 0.5) is 4.39 Å². The minimum Gasteiger partial charge on any atom is -0.299 e. The molecule has 3 heteroatoms. The van der Waals surface area contributed by atoms with Crippen LogP contribution in [0.5, 0.6) is 0 Å². The van der Waals surface area contributed by atoms with Gasteiger partial charge in [0, 0.05) is 16.8 Å². The third kappa shape index (κ3) is 3.49. The molecular weight excluding hydrogens is 319 g/mol. The lowest BCUT2D eigenvalue weighted by molar-refractivity contribution is -0.129. The van der Waals surface area contributed by atoms with Crippen LogP contribution in [0.3, 0.4) is 0 Å². The molecule has 1 aliphatic carbocycles. The average Bonchev–Trinajstić information content (AvgIpc) is 2.33. The standard InChI is InChI=1S/C17H22BrFO/c1-11-4-6-14(16(20)8-11)17(2,3)10-12-9-13(19)5-7-15(12)18/h5,7,9,11,14H,4,6,8,10H2,1-3H3. The van der Waals surface area contributed by atoms with Crippen LogP contribution >= 0.6 is 15.9 Å². The van der Waals surface area contributed by atoms with E-state index in [1.165, 1.54) is 6.07 Å². The molecule has 0 bridgehead atoms. The van der Waals surface area contributed by atoms with Gasteiger partial charge >= 0.3 is 0 Å². The van der Waals surface area contributed by atoms with Gasteiger partial charge in [0.05, 0.1) is 0 Å². The summed E-state index contributed by atoms with van der Waals surface area (Å²) in [6.07, 6.45) is 3.48. The highest BCUT2D eigenvalue weighted by Crippen LogP contribution is 2.41. The molecule has 20 heavy (non-hydrogen) atoms. The second-order valence-corrected chi connectivity index (χ2v) is 7.66. The van der Waals surface area contributed by atoms with E-state index in [2.05, 4.69) is 36.7 Å². The van der Waals surface area contributed by atoms with E-state index >= 15 is 0 Å². The molecule has 0 aromatic heterocycles. The molecule has 1 aromatic carbocycles. The molecule has 0 amide bonds. The number of carbonyl (C=O) groups is 1. The van der Waals surface area contributed by atoms with Crippen molar-refractivity contribution < 1.29 is 9.18 Å². The molecular formula is C17H22BrFO. The van der Waals surface area contributed by atoms with Crippen LogP contribution in [0.2, 0.25) is 0 Å². The van der Waals surface area contributed by atoms with Gasteiger partial charge in [-0.15, -0.1) is 0 Å². The second-order valence-electron chi connectivity index (χ2n) is 6.81. The maximum absolute atomic E-state index is 13.4. The largest absolute Gasteiger partial charge is 0.299 e. The first kappa shape index (κ1) is 15.7. The van der Waals surface area contributed by atoms with Crippen LogP contribution in [0, 0.1) is 23.1 Å². The highest BCUT2D eigenvalue weighted by atomic mass is 79.9. The summed E-state index contributed by atoms with van der Waals surface area (Å²) in [5, 5.41) is 0. The summed E-state index contributed by atoms with van der Waals surface area (Å²) in [5.74, 6) is 0.758. The molecule has 0 spiro atoms. The Labute approximate surface area is 129 Å². The van der Waals surface area contributed by atoms with Crippen molar-refractivity contribution in [2.24, 2.45) is 17.3 Å². The van der Waals surface area contributed by atoms with E-state index < -0.39 is 0 Å². The molecule has 0 heterocycles. The Morgan fingerprint density at radius 3 is 2.70 bits per heavy atom. The van der Waals surface area contributed by atoms with E-state index in [1.807, 2.05) is 0 Å². The Kier molecular flexibility index (Phi) is 4.68. The van der Waals surface area contributed by atoms with E-state index in [9.17, 15) is 9.18 Å².